The summed E-state index contributed by atoms with van der Waals surface area (Å²) >= 11 is 0. The fourth-order valence-electron chi connectivity index (χ4n) is 2.06. The number of aliphatic carboxylic acids is 1. The van der Waals surface area contributed by atoms with Crippen LogP contribution in [0.1, 0.15) is 31.7 Å². The lowest BCUT2D eigenvalue weighted by Crippen LogP contribution is -2.26. The van der Waals surface area contributed by atoms with Crippen LogP contribution in [0.4, 0.5) is 0 Å². The van der Waals surface area contributed by atoms with Gasteiger partial charge in [-0.1, -0.05) is 19.1 Å². The fraction of sp³-hybridized carbons (Fsp3) is 0.467. The first-order valence-electron chi connectivity index (χ1n) is 6.52. The normalized spacial score (nSPS) is 13.3. The molecule has 2 atom stereocenters. The van der Waals surface area contributed by atoms with Gasteiger partial charge in [-0.2, -0.15) is 0 Å². The van der Waals surface area contributed by atoms with E-state index >= 15 is 0 Å². The minimum absolute atomic E-state index is 0.236. The third-order valence-electron chi connectivity index (χ3n) is 3.21. The number of rotatable bonds is 7. The van der Waals surface area contributed by atoms with Crippen LogP contribution in [-0.4, -0.2) is 30.8 Å². The number of esters is 1. The smallest absolute Gasteiger partial charge is 0.310 e. The van der Waals surface area contributed by atoms with Crippen molar-refractivity contribution < 1.29 is 24.2 Å². The second-order valence-corrected chi connectivity index (χ2v) is 4.52. The zero-order valence-electron chi connectivity index (χ0n) is 12.0. The topological polar surface area (TPSA) is 72.8 Å². The average molecular weight is 280 g/mol. The van der Waals surface area contributed by atoms with Crippen molar-refractivity contribution in [2.45, 2.75) is 26.2 Å². The fourth-order valence-corrected chi connectivity index (χ4v) is 2.06. The summed E-state index contributed by atoms with van der Waals surface area (Å²) in [7, 11) is 1.56. The molecule has 0 spiro atoms. The number of hydrogen-bond acceptors (Lipinski definition) is 4. The van der Waals surface area contributed by atoms with E-state index in [-0.39, 0.29) is 18.9 Å². The summed E-state index contributed by atoms with van der Waals surface area (Å²) in [5.41, 5.74) is 0.851. The molecule has 1 aromatic carbocycles. The van der Waals surface area contributed by atoms with Crippen LogP contribution in [-0.2, 0) is 14.3 Å². The van der Waals surface area contributed by atoms with Crippen molar-refractivity contribution in [2.24, 2.45) is 5.92 Å². The number of ether oxygens (including phenoxy) is 2. The average Bonchev–Trinajstić information content (AvgIpc) is 2.44. The monoisotopic (exact) mass is 280 g/mol. The highest BCUT2D eigenvalue weighted by Crippen LogP contribution is 2.30. The van der Waals surface area contributed by atoms with Crippen molar-refractivity contribution in [3.8, 4) is 5.75 Å². The molecule has 5 nitrogen and oxygen atoms in total. The van der Waals surface area contributed by atoms with Gasteiger partial charge in [0.05, 0.1) is 26.1 Å². The van der Waals surface area contributed by atoms with Crippen LogP contribution in [0.3, 0.4) is 0 Å². The van der Waals surface area contributed by atoms with Crippen molar-refractivity contribution in [3.63, 3.8) is 0 Å². The lowest BCUT2D eigenvalue weighted by molar-refractivity contribution is -0.153. The number of carboxylic acids is 1. The Morgan fingerprint density at radius 3 is 2.60 bits per heavy atom. The Hall–Kier alpha value is -2.04. The van der Waals surface area contributed by atoms with Gasteiger partial charge >= 0.3 is 11.9 Å². The molecular weight excluding hydrogens is 260 g/mol. The molecule has 1 rings (SSSR count). The van der Waals surface area contributed by atoms with Crippen LogP contribution in [0.15, 0.2) is 24.3 Å². The molecule has 0 heterocycles. The number of carbonyl (C=O) groups is 2. The van der Waals surface area contributed by atoms with E-state index in [0.717, 1.165) is 5.56 Å². The largest absolute Gasteiger partial charge is 0.497 e. The molecule has 0 radical (unpaired) electrons. The van der Waals surface area contributed by atoms with Gasteiger partial charge in [-0.3, -0.25) is 9.59 Å². The summed E-state index contributed by atoms with van der Waals surface area (Å²) in [6.45, 7) is 3.75. The lowest BCUT2D eigenvalue weighted by Gasteiger charge is -2.21. The summed E-state index contributed by atoms with van der Waals surface area (Å²) in [5.74, 6) is -1.80. The molecule has 1 N–H and O–H groups in total. The molecule has 110 valence electrons. The maximum atomic E-state index is 11.9. The van der Waals surface area contributed by atoms with E-state index in [2.05, 4.69) is 0 Å². The van der Waals surface area contributed by atoms with E-state index in [1.165, 1.54) is 0 Å². The van der Waals surface area contributed by atoms with Gasteiger partial charge in [0.15, 0.2) is 0 Å². The Morgan fingerprint density at radius 2 is 2.05 bits per heavy atom. The van der Waals surface area contributed by atoms with E-state index in [9.17, 15) is 9.59 Å². The van der Waals surface area contributed by atoms with Crippen molar-refractivity contribution >= 4 is 11.9 Å². The predicted molar refractivity (Wildman–Crippen MR) is 73.8 cm³/mol. The SMILES string of the molecule is CCOC(=O)[C@@H](CC(=O)O)[C@@H](C)c1cccc(OC)c1. The Balaban J connectivity index is 2.98. The molecular formula is C15H20O5. The summed E-state index contributed by atoms with van der Waals surface area (Å²) < 4.78 is 10.1. The number of carboxylic acid groups (broad SMARTS) is 1. The molecule has 0 aliphatic heterocycles. The highest BCUT2D eigenvalue weighted by Gasteiger charge is 2.30. The second-order valence-electron chi connectivity index (χ2n) is 4.52. The predicted octanol–water partition coefficient (Wildman–Crippen LogP) is 2.45. The van der Waals surface area contributed by atoms with Gasteiger partial charge in [0, 0.05) is 0 Å². The van der Waals surface area contributed by atoms with E-state index in [1.807, 2.05) is 19.1 Å². The van der Waals surface area contributed by atoms with Crippen LogP contribution >= 0.6 is 0 Å². The molecule has 20 heavy (non-hydrogen) atoms. The van der Waals surface area contributed by atoms with Crippen molar-refractivity contribution in [2.75, 3.05) is 13.7 Å². The number of methoxy groups -OCH3 is 1. The minimum atomic E-state index is -1.02. The molecule has 0 saturated carbocycles. The third kappa shape index (κ3) is 4.26. The molecule has 0 aromatic heterocycles. The highest BCUT2D eigenvalue weighted by atomic mass is 16.5. The summed E-state index contributed by atoms with van der Waals surface area (Å²) in [6, 6.07) is 7.26. The van der Waals surface area contributed by atoms with Crippen molar-refractivity contribution in [3.05, 3.63) is 29.8 Å². The van der Waals surface area contributed by atoms with Crippen LogP contribution in [0.25, 0.3) is 0 Å². The quantitative estimate of drug-likeness (QED) is 0.777. The molecule has 5 heteroatoms. The molecule has 0 bridgehead atoms. The summed E-state index contributed by atoms with van der Waals surface area (Å²) in [4.78, 5) is 22.9. The standard InChI is InChI=1S/C15H20O5/c1-4-20-15(18)13(9-14(16)17)10(2)11-6-5-7-12(8-11)19-3/h5-8,10,13H,4,9H2,1-3H3,(H,16,17)/t10-,13-/m0/s1. The Morgan fingerprint density at radius 1 is 1.35 bits per heavy atom. The number of carbonyl (C=O) groups excluding carboxylic acids is 1. The van der Waals surface area contributed by atoms with Gasteiger partial charge in [0.1, 0.15) is 5.75 Å². The van der Waals surface area contributed by atoms with Gasteiger partial charge < -0.3 is 14.6 Å². The van der Waals surface area contributed by atoms with Gasteiger partial charge in [0.2, 0.25) is 0 Å². The lowest BCUT2D eigenvalue weighted by atomic mass is 9.85. The molecule has 0 saturated heterocycles. The third-order valence-corrected chi connectivity index (χ3v) is 3.21. The zero-order chi connectivity index (χ0) is 15.1. The molecule has 0 fully saturated rings. The zero-order valence-corrected chi connectivity index (χ0v) is 12.0. The molecule has 1 aromatic rings. The van der Waals surface area contributed by atoms with E-state index in [1.54, 1.807) is 26.2 Å². The van der Waals surface area contributed by atoms with Gasteiger partial charge in [-0.25, -0.2) is 0 Å². The van der Waals surface area contributed by atoms with Gasteiger partial charge in [-0.05, 0) is 30.5 Å². The maximum absolute atomic E-state index is 11.9. The highest BCUT2D eigenvalue weighted by molar-refractivity contribution is 5.80. The Bertz CT molecular complexity index is 469. The van der Waals surface area contributed by atoms with Crippen LogP contribution < -0.4 is 4.74 Å². The first-order chi connectivity index (χ1) is 9.49. The molecule has 0 aliphatic carbocycles. The number of hydrogen-bond donors (Lipinski definition) is 1. The Kier molecular flexibility index (Phi) is 6.03. The summed E-state index contributed by atoms with van der Waals surface area (Å²) in [5, 5.41) is 8.97. The van der Waals surface area contributed by atoms with Crippen LogP contribution in [0, 0.1) is 5.92 Å². The van der Waals surface area contributed by atoms with Gasteiger partial charge in [-0.15, -0.1) is 0 Å². The molecule has 0 aliphatic rings. The van der Waals surface area contributed by atoms with Crippen LogP contribution in [0.5, 0.6) is 5.75 Å². The van der Waals surface area contributed by atoms with E-state index in [4.69, 9.17) is 14.6 Å². The molecule has 0 amide bonds. The van der Waals surface area contributed by atoms with E-state index < -0.39 is 17.9 Å². The maximum Gasteiger partial charge on any atom is 0.310 e. The van der Waals surface area contributed by atoms with Crippen LogP contribution in [0.2, 0.25) is 0 Å². The minimum Gasteiger partial charge on any atom is -0.497 e. The first kappa shape index (κ1) is 16.0. The number of benzene rings is 1. The van der Waals surface area contributed by atoms with Gasteiger partial charge in [0.25, 0.3) is 0 Å². The van der Waals surface area contributed by atoms with Crippen molar-refractivity contribution in [1.82, 2.24) is 0 Å². The summed E-state index contributed by atoms with van der Waals surface area (Å²) in [6.07, 6.45) is -0.253. The second kappa shape index (κ2) is 7.53. The first-order valence-corrected chi connectivity index (χ1v) is 6.52. The Labute approximate surface area is 118 Å². The van der Waals surface area contributed by atoms with Crippen molar-refractivity contribution in [1.29, 1.82) is 0 Å². The molecule has 0 unspecified atom stereocenters. The van der Waals surface area contributed by atoms with E-state index in [0.29, 0.717) is 5.75 Å².